The first-order chi connectivity index (χ1) is 12.1. The van der Waals surface area contributed by atoms with Gasteiger partial charge in [0.05, 0.1) is 5.69 Å². The molecule has 1 amide bonds. The number of benzene rings is 2. The second-order valence-corrected chi connectivity index (χ2v) is 5.55. The van der Waals surface area contributed by atoms with Crippen molar-refractivity contribution in [1.82, 2.24) is 0 Å². The number of fused-ring (bicyclic) bond motifs is 1. The number of nitrogens with one attached hydrogen (secondary N) is 1. The molecule has 25 heavy (non-hydrogen) atoms. The van der Waals surface area contributed by atoms with E-state index >= 15 is 0 Å². The summed E-state index contributed by atoms with van der Waals surface area (Å²) in [7, 11) is 0. The van der Waals surface area contributed by atoms with Crippen LogP contribution in [0.5, 0.6) is 5.75 Å². The lowest BCUT2D eigenvalue weighted by molar-refractivity contribution is -0.118. The number of anilines is 1. The van der Waals surface area contributed by atoms with Gasteiger partial charge < -0.3 is 10.1 Å². The fourth-order valence-corrected chi connectivity index (χ4v) is 2.43. The van der Waals surface area contributed by atoms with Gasteiger partial charge in [-0.3, -0.25) is 9.59 Å². The molecule has 0 unspecified atom stereocenters. The Morgan fingerprint density at radius 2 is 1.72 bits per heavy atom. The maximum absolute atomic E-state index is 11.3. The van der Waals surface area contributed by atoms with E-state index in [1.54, 1.807) is 6.92 Å². The molecule has 3 rings (SSSR count). The molecule has 130 valence electrons. The minimum Gasteiger partial charge on any atom is -0.482 e. The van der Waals surface area contributed by atoms with E-state index in [2.05, 4.69) is 5.32 Å². The first-order valence-electron chi connectivity index (χ1n) is 8.43. The Labute approximate surface area is 148 Å². The first-order valence-corrected chi connectivity index (χ1v) is 8.43. The summed E-state index contributed by atoms with van der Waals surface area (Å²) in [6.07, 6.45) is 4.43. The van der Waals surface area contributed by atoms with E-state index in [0.717, 1.165) is 16.7 Å². The van der Waals surface area contributed by atoms with Gasteiger partial charge in [-0.2, -0.15) is 0 Å². The Morgan fingerprint density at radius 3 is 2.40 bits per heavy atom. The molecule has 1 N–H and O–H groups in total. The van der Waals surface area contributed by atoms with Crippen molar-refractivity contribution in [2.45, 2.75) is 27.2 Å². The predicted molar refractivity (Wildman–Crippen MR) is 102 cm³/mol. The van der Waals surface area contributed by atoms with Gasteiger partial charge in [0, 0.05) is 6.42 Å². The molecule has 4 heteroatoms. The van der Waals surface area contributed by atoms with E-state index in [0.29, 0.717) is 17.9 Å². The lowest BCUT2D eigenvalue weighted by Gasteiger charge is -2.17. The Morgan fingerprint density at radius 1 is 1.08 bits per heavy atom. The Kier molecular flexibility index (Phi) is 6.52. The largest absolute Gasteiger partial charge is 0.482 e. The quantitative estimate of drug-likeness (QED) is 0.844. The van der Waals surface area contributed by atoms with Crippen LogP contribution in [0.25, 0.3) is 12.2 Å². The molecule has 1 heterocycles. The summed E-state index contributed by atoms with van der Waals surface area (Å²) >= 11 is 0. The first kappa shape index (κ1) is 18.5. The van der Waals surface area contributed by atoms with Crippen LogP contribution in [-0.2, 0) is 16.0 Å². The number of Topliss-reactive ketones (excluding diaryl/α,β-unsaturated/α-hetero) is 1. The minimum atomic E-state index is -0.139. The van der Waals surface area contributed by atoms with Crippen LogP contribution in [0.2, 0.25) is 0 Å². The molecule has 0 saturated heterocycles. The van der Waals surface area contributed by atoms with Crippen molar-refractivity contribution in [3.05, 3.63) is 59.2 Å². The molecule has 0 bridgehead atoms. The van der Waals surface area contributed by atoms with Crippen molar-refractivity contribution in [2.24, 2.45) is 0 Å². The van der Waals surface area contributed by atoms with E-state index in [9.17, 15) is 9.59 Å². The highest BCUT2D eigenvalue weighted by molar-refractivity contribution is 5.95. The van der Waals surface area contributed by atoms with Crippen LogP contribution in [0.4, 0.5) is 5.69 Å². The van der Waals surface area contributed by atoms with Crippen LogP contribution in [-0.4, -0.2) is 18.3 Å². The van der Waals surface area contributed by atoms with Crippen LogP contribution in [0, 0.1) is 0 Å². The molecule has 0 saturated carbocycles. The molecule has 0 aromatic heterocycles. The highest BCUT2D eigenvalue weighted by atomic mass is 16.5. The second kappa shape index (κ2) is 8.83. The zero-order chi connectivity index (χ0) is 18.2. The van der Waals surface area contributed by atoms with E-state index in [1.165, 1.54) is 0 Å². The van der Waals surface area contributed by atoms with Crippen molar-refractivity contribution < 1.29 is 14.3 Å². The summed E-state index contributed by atoms with van der Waals surface area (Å²) in [6.45, 7) is 5.65. The molecule has 4 nitrogen and oxygen atoms in total. The maximum Gasteiger partial charge on any atom is 0.262 e. The average molecular weight is 337 g/mol. The van der Waals surface area contributed by atoms with Crippen molar-refractivity contribution in [3.8, 4) is 5.75 Å². The molecule has 0 aliphatic carbocycles. The van der Waals surface area contributed by atoms with Gasteiger partial charge in [-0.05, 0) is 35.7 Å². The summed E-state index contributed by atoms with van der Waals surface area (Å²) in [6, 6.07) is 13.6. The molecule has 0 atom stereocenters. The van der Waals surface area contributed by atoms with Crippen molar-refractivity contribution in [2.75, 3.05) is 11.9 Å². The molecule has 0 radical (unpaired) electrons. The molecule has 1 aliphatic rings. The zero-order valence-electron chi connectivity index (χ0n) is 14.8. The van der Waals surface area contributed by atoms with Crippen LogP contribution in [0.3, 0.4) is 0 Å². The number of hydrogen-bond acceptors (Lipinski definition) is 3. The van der Waals surface area contributed by atoms with Crippen LogP contribution in [0.1, 0.15) is 37.5 Å². The summed E-state index contributed by atoms with van der Waals surface area (Å²) in [5.74, 6) is 0.710. The standard InChI is InChI=1S/C19H17NO3.C2H6/c1-13(21)10-15-5-2-14(3-6-15)4-7-16-8-9-18-17(11-16)20-19(22)12-23-18;1-2/h2-9,11H,10,12H2,1H3,(H,20,22);1-2H3/b7-4+;. The molecule has 2 aromatic rings. The fourth-order valence-electron chi connectivity index (χ4n) is 2.43. The minimum absolute atomic E-state index is 0.0643. The van der Waals surface area contributed by atoms with E-state index in [-0.39, 0.29) is 18.3 Å². The average Bonchev–Trinajstić information content (AvgIpc) is 2.62. The molecule has 0 fully saturated rings. The van der Waals surface area contributed by atoms with Crippen molar-refractivity contribution >= 4 is 29.5 Å². The highest BCUT2D eigenvalue weighted by Gasteiger charge is 2.15. The van der Waals surface area contributed by atoms with Gasteiger partial charge in [0.2, 0.25) is 0 Å². The normalized spacial score (nSPS) is 12.5. The number of amides is 1. The Balaban J connectivity index is 0.00000109. The van der Waals surface area contributed by atoms with Gasteiger partial charge in [-0.1, -0.05) is 56.3 Å². The van der Waals surface area contributed by atoms with Crippen LogP contribution in [0.15, 0.2) is 42.5 Å². The summed E-state index contributed by atoms with van der Waals surface area (Å²) in [5, 5.41) is 2.79. The third-order valence-electron chi connectivity index (χ3n) is 3.54. The third kappa shape index (κ3) is 5.31. The van der Waals surface area contributed by atoms with Gasteiger partial charge >= 0.3 is 0 Å². The summed E-state index contributed by atoms with van der Waals surface area (Å²) in [5.41, 5.74) is 3.74. The molecule has 1 aliphatic heterocycles. The smallest absolute Gasteiger partial charge is 0.262 e. The number of ether oxygens (including phenoxy) is 1. The van der Waals surface area contributed by atoms with Gasteiger partial charge in [0.15, 0.2) is 6.61 Å². The summed E-state index contributed by atoms with van der Waals surface area (Å²) < 4.78 is 5.33. The number of rotatable bonds is 4. The van der Waals surface area contributed by atoms with Gasteiger partial charge in [0.25, 0.3) is 5.91 Å². The number of carbonyl (C=O) groups excluding carboxylic acids is 2. The molecule has 2 aromatic carbocycles. The molecular weight excluding hydrogens is 314 g/mol. The van der Waals surface area contributed by atoms with E-state index < -0.39 is 0 Å². The number of ketones is 1. The third-order valence-corrected chi connectivity index (χ3v) is 3.54. The highest BCUT2D eigenvalue weighted by Crippen LogP contribution is 2.29. The molecular formula is C21H23NO3. The number of carbonyl (C=O) groups is 2. The van der Waals surface area contributed by atoms with Gasteiger partial charge in [0.1, 0.15) is 11.5 Å². The maximum atomic E-state index is 11.3. The van der Waals surface area contributed by atoms with Gasteiger partial charge in [-0.15, -0.1) is 0 Å². The lowest BCUT2D eigenvalue weighted by Crippen LogP contribution is -2.25. The molecule has 0 spiro atoms. The zero-order valence-corrected chi connectivity index (χ0v) is 14.8. The van der Waals surface area contributed by atoms with Gasteiger partial charge in [-0.25, -0.2) is 0 Å². The topological polar surface area (TPSA) is 55.4 Å². The number of hydrogen-bond donors (Lipinski definition) is 1. The SMILES string of the molecule is CC.CC(=O)Cc1ccc(/C=C/c2ccc3c(c2)NC(=O)CO3)cc1. The fraction of sp³-hybridized carbons (Fsp3) is 0.238. The monoisotopic (exact) mass is 337 g/mol. The van der Waals surface area contributed by atoms with Crippen molar-refractivity contribution in [3.63, 3.8) is 0 Å². The second-order valence-electron chi connectivity index (χ2n) is 5.55. The van der Waals surface area contributed by atoms with E-state index in [4.69, 9.17) is 4.74 Å². The van der Waals surface area contributed by atoms with Crippen LogP contribution >= 0.6 is 0 Å². The summed E-state index contributed by atoms with van der Waals surface area (Å²) in [4.78, 5) is 22.4. The van der Waals surface area contributed by atoms with Crippen molar-refractivity contribution in [1.29, 1.82) is 0 Å². The van der Waals surface area contributed by atoms with Crippen LogP contribution < -0.4 is 10.1 Å². The Hall–Kier alpha value is -2.88. The Bertz CT molecular complexity index is 776. The predicted octanol–water partition coefficient (Wildman–Crippen LogP) is 4.35. The van der Waals surface area contributed by atoms with E-state index in [1.807, 2.05) is 68.5 Å². The lowest BCUT2D eigenvalue weighted by atomic mass is 10.1.